The van der Waals surface area contributed by atoms with Crippen LogP contribution >= 0.6 is 0 Å². The van der Waals surface area contributed by atoms with Crippen molar-refractivity contribution in [2.24, 2.45) is 7.05 Å². The fourth-order valence-electron chi connectivity index (χ4n) is 2.63. The highest BCUT2D eigenvalue weighted by Gasteiger charge is 2.16. The second kappa shape index (κ2) is 5.21. The molecular weight excluding hydrogens is 290 g/mol. The highest BCUT2D eigenvalue weighted by atomic mass is 16.5. The maximum atomic E-state index is 12.7. The van der Waals surface area contributed by atoms with Crippen molar-refractivity contribution in [2.75, 3.05) is 0 Å². The summed E-state index contributed by atoms with van der Waals surface area (Å²) < 4.78 is 7.20. The zero-order valence-electron chi connectivity index (χ0n) is 12.4. The van der Waals surface area contributed by atoms with Crippen molar-refractivity contribution in [1.82, 2.24) is 14.7 Å². The lowest BCUT2D eigenvalue weighted by Crippen LogP contribution is -2.10. The molecule has 112 valence electrons. The number of benzene rings is 2. The third kappa shape index (κ3) is 2.23. The quantitative estimate of drug-likeness (QED) is 0.570. The van der Waals surface area contributed by atoms with Crippen molar-refractivity contribution >= 4 is 10.9 Å². The van der Waals surface area contributed by atoms with Crippen molar-refractivity contribution in [3.05, 3.63) is 71.0 Å². The van der Waals surface area contributed by atoms with Crippen LogP contribution in [0.3, 0.4) is 0 Å². The molecule has 0 aliphatic heterocycles. The Kier molecular flexibility index (Phi) is 3.05. The third-order valence-electron chi connectivity index (χ3n) is 3.78. The van der Waals surface area contributed by atoms with Crippen LogP contribution in [0.15, 0.2) is 70.1 Å². The molecule has 0 bridgehead atoms. The van der Waals surface area contributed by atoms with Crippen LogP contribution in [0.1, 0.15) is 0 Å². The minimum atomic E-state index is -0.109. The molecule has 4 aromatic rings. The summed E-state index contributed by atoms with van der Waals surface area (Å²) in [6, 6.07) is 17.0. The predicted octanol–water partition coefficient (Wildman–Crippen LogP) is 3.26. The fraction of sp³-hybridized carbons (Fsp3) is 0.0556. The van der Waals surface area contributed by atoms with E-state index in [0.29, 0.717) is 16.8 Å². The first kappa shape index (κ1) is 13.5. The van der Waals surface area contributed by atoms with Crippen molar-refractivity contribution in [3.63, 3.8) is 0 Å². The molecular formula is C18H13N3O2. The first-order valence-electron chi connectivity index (χ1n) is 7.22. The third-order valence-corrected chi connectivity index (χ3v) is 3.78. The monoisotopic (exact) mass is 303 g/mol. The van der Waals surface area contributed by atoms with E-state index in [1.807, 2.05) is 60.1 Å². The van der Waals surface area contributed by atoms with Gasteiger partial charge in [0.25, 0.3) is 5.89 Å². The van der Waals surface area contributed by atoms with Gasteiger partial charge in [0.2, 0.25) is 11.3 Å². The largest absolute Gasteiger partial charge is 0.350 e. The minimum Gasteiger partial charge on any atom is -0.350 e. The average molecular weight is 303 g/mol. The summed E-state index contributed by atoms with van der Waals surface area (Å²) in [4.78, 5) is 17.1. The lowest BCUT2D eigenvalue weighted by Gasteiger charge is -2.06. The normalized spacial score (nSPS) is 11.0. The second-order valence-corrected chi connectivity index (χ2v) is 5.29. The van der Waals surface area contributed by atoms with Gasteiger partial charge in [-0.05, 0) is 12.1 Å². The zero-order valence-corrected chi connectivity index (χ0v) is 12.4. The van der Waals surface area contributed by atoms with Gasteiger partial charge < -0.3 is 9.09 Å². The zero-order chi connectivity index (χ0) is 15.8. The van der Waals surface area contributed by atoms with Gasteiger partial charge in [-0.25, -0.2) is 0 Å². The van der Waals surface area contributed by atoms with E-state index in [4.69, 9.17) is 4.52 Å². The van der Waals surface area contributed by atoms with Crippen LogP contribution in [0.2, 0.25) is 0 Å². The Labute approximate surface area is 131 Å². The summed E-state index contributed by atoms with van der Waals surface area (Å²) >= 11 is 0. The lowest BCUT2D eigenvalue weighted by atomic mass is 10.1. The predicted molar refractivity (Wildman–Crippen MR) is 87.9 cm³/mol. The summed E-state index contributed by atoms with van der Waals surface area (Å²) in [7, 11) is 1.89. The number of hydrogen-bond acceptors (Lipinski definition) is 4. The van der Waals surface area contributed by atoms with E-state index in [1.54, 1.807) is 12.3 Å². The molecule has 0 amide bonds. The Morgan fingerprint density at radius 1 is 1.00 bits per heavy atom. The first-order chi connectivity index (χ1) is 11.2. The Hall–Kier alpha value is -3.21. The smallest absolute Gasteiger partial charge is 0.263 e. The van der Waals surface area contributed by atoms with Crippen molar-refractivity contribution in [2.45, 2.75) is 0 Å². The maximum Gasteiger partial charge on any atom is 0.263 e. The van der Waals surface area contributed by atoms with E-state index in [0.717, 1.165) is 11.1 Å². The summed E-state index contributed by atoms with van der Waals surface area (Å²) in [5.74, 6) is 0.700. The van der Waals surface area contributed by atoms with Gasteiger partial charge in [0.1, 0.15) is 5.56 Å². The molecule has 0 unspecified atom stereocenters. The van der Waals surface area contributed by atoms with Crippen LogP contribution in [-0.4, -0.2) is 14.7 Å². The van der Waals surface area contributed by atoms with Gasteiger partial charge in [-0.15, -0.1) is 0 Å². The molecule has 0 saturated heterocycles. The SMILES string of the molecule is Cn1cc(-c2nc(-c3ccccc3)no2)c(=O)c2ccccc21. The van der Waals surface area contributed by atoms with E-state index in [2.05, 4.69) is 10.1 Å². The molecule has 2 aromatic carbocycles. The molecule has 5 heteroatoms. The number of aromatic nitrogens is 3. The molecule has 0 fully saturated rings. The van der Waals surface area contributed by atoms with Crippen LogP contribution in [0.4, 0.5) is 0 Å². The van der Waals surface area contributed by atoms with E-state index < -0.39 is 0 Å². The molecule has 5 nitrogen and oxygen atoms in total. The Morgan fingerprint density at radius 2 is 1.74 bits per heavy atom. The van der Waals surface area contributed by atoms with Gasteiger partial charge in [-0.1, -0.05) is 47.6 Å². The summed E-state index contributed by atoms with van der Waals surface area (Å²) in [5.41, 5.74) is 2.01. The molecule has 0 aliphatic rings. The van der Waals surface area contributed by atoms with Gasteiger partial charge in [0, 0.05) is 24.2 Å². The van der Waals surface area contributed by atoms with E-state index in [-0.39, 0.29) is 11.3 Å². The van der Waals surface area contributed by atoms with E-state index in [9.17, 15) is 4.79 Å². The molecule has 0 atom stereocenters. The standard InChI is InChI=1S/C18H13N3O2/c1-21-11-14(16(22)13-9-5-6-10-15(13)21)18-19-17(20-23-18)12-7-3-2-4-8-12/h2-11H,1H3. The number of nitrogens with zero attached hydrogens (tertiary/aromatic N) is 3. The molecule has 2 aromatic heterocycles. The topological polar surface area (TPSA) is 60.9 Å². The summed E-state index contributed by atoms with van der Waals surface area (Å²) in [5, 5.41) is 4.61. The van der Waals surface area contributed by atoms with Gasteiger partial charge in [-0.3, -0.25) is 4.79 Å². The highest BCUT2D eigenvalue weighted by Crippen LogP contribution is 2.21. The molecule has 0 aliphatic carbocycles. The van der Waals surface area contributed by atoms with E-state index in [1.165, 1.54) is 0 Å². The number of para-hydroxylation sites is 1. The Morgan fingerprint density at radius 3 is 2.57 bits per heavy atom. The van der Waals surface area contributed by atoms with Crippen LogP contribution < -0.4 is 5.43 Å². The van der Waals surface area contributed by atoms with Gasteiger partial charge >= 0.3 is 0 Å². The van der Waals surface area contributed by atoms with E-state index >= 15 is 0 Å². The van der Waals surface area contributed by atoms with Crippen molar-refractivity contribution in [3.8, 4) is 22.8 Å². The highest BCUT2D eigenvalue weighted by molar-refractivity contribution is 5.82. The maximum absolute atomic E-state index is 12.7. The van der Waals surface area contributed by atoms with Crippen LogP contribution in [-0.2, 0) is 7.05 Å². The minimum absolute atomic E-state index is 0.109. The Balaban J connectivity index is 1.89. The van der Waals surface area contributed by atoms with Gasteiger partial charge in [0.05, 0.1) is 5.52 Å². The molecule has 0 N–H and O–H groups in total. The van der Waals surface area contributed by atoms with Gasteiger partial charge in [-0.2, -0.15) is 4.98 Å². The van der Waals surface area contributed by atoms with Crippen LogP contribution in [0, 0.1) is 0 Å². The molecule has 0 spiro atoms. The fourth-order valence-corrected chi connectivity index (χ4v) is 2.63. The second-order valence-electron chi connectivity index (χ2n) is 5.29. The Bertz CT molecular complexity index is 1050. The lowest BCUT2D eigenvalue weighted by molar-refractivity contribution is 0.432. The summed E-state index contributed by atoms with van der Waals surface area (Å²) in [6.07, 6.45) is 1.73. The molecule has 2 heterocycles. The number of rotatable bonds is 2. The number of aryl methyl sites for hydroxylation is 1. The first-order valence-corrected chi connectivity index (χ1v) is 7.22. The van der Waals surface area contributed by atoms with Crippen molar-refractivity contribution < 1.29 is 4.52 Å². The number of pyridine rings is 1. The molecule has 0 radical (unpaired) electrons. The van der Waals surface area contributed by atoms with Crippen LogP contribution in [0.5, 0.6) is 0 Å². The number of hydrogen-bond donors (Lipinski definition) is 0. The molecule has 23 heavy (non-hydrogen) atoms. The average Bonchev–Trinajstić information content (AvgIpc) is 3.09. The van der Waals surface area contributed by atoms with Crippen LogP contribution in [0.25, 0.3) is 33.7 Å². The molecule has 0 saturated carbocycles. The molecule has 4 rings (SSSR count). The number of fused-ring (bicyclic) bond motifs is 1. The summed E-state index contributed by atoms with van der Waals surface area (Å²) in [6.45, 7) is 0. The van der Waals surface area contributed by atoms with Gasteiger partial charge in [0.15, 0.2) is 0 Å². The van der Waals surface area contributed by atoms with Crippen molar-refractivity contribution in [1.29, 1.82) is 0 Å².